The maximum absolute atomic E-state index is 11.1. The van der Waals surface area contributed by atoms with Crippen molar-refractivity contribution in [2.45, 2.75) is 77.6 Å². The highest BCUT2D eigenvalue weighted by atomic mass is 32.2. The maximum Gasteiger partial charge on any atom is 0.304 e. The fraction of sp³-hybridized carbons (Fsp3) is 0.609. The third-order valence-corrected chi connectivity index (χ3v) is 5.24. The molecular weight excluding hydrogens is 386 g/mol. The molecule has 29 heavy (non-hydrogen) atoms. The summed E-state index contributed by atoms with van der Waals surface area (Å²) < 4.78 is 0. The van der Waals surface area contributed by atoms with Gasteiger partial charge in [0, 0.05) is 5.75 Å². The predicted octanol–water partition coefficient (Wildman–Crippen LogP) is 6.94. The van der Waals surface area contributed by atoms with Gasteiger partial charge in [0.15, 0.2) is 0 Å². The number of unbranched alkanes of at least 4 members (excludes halogenated alkanes) is 5. The number of hydrogen-bond acceptors (Lipinski definition) is 4. The number of allylic oxidation sites excluding steroid dienone is 7. The number of carboxylic acids is 1. The van der Waals surface area contributed by atoms with Crippen molar-refractivity contribution >= 4 is 17.7 Å². The molecule has 0 aromatic rings. The zero-order valence-electron chi connectivity index (χ0n) is 17.8. The molecule has 0 unspecified atom stereocenters. The van der Waals surface area contributed by atoms with Gasteiger partial charge in [0.05, 0.1) is 17.8 Å². The molecule has 164 valence electrons. The molecule has 0 spiro atoms. The van der Waals surface area contributed by atoms with E-state index in [1.807, 2.05) is 18.2 Å². The summed E-state index contributed by atoms with van der Waals surface area (Å²) in [6.45, 7) is 2.19. The summed E-state index contributed by atoms with van der Waals surface area (Å²) in [5, 5.41) is 19.7. The summed E-state index contributed by atoms with van der Waals surface area (Å²) in [5.74, 6) is 0.906. The van der Waals surface area contributed by atoms with Gasteiger partial charge in [-0.1, -0.05) is 56.2 Å². The third-order valence-electron chi connectivity index (χ3n) is 4.17. The lowest BCUT2D eigenvalue weighted by Crippen LogP contribution is -1.97. The van der Waals surface area contributed by atoms with Crippen molar-refractivity contribution < 1.29 is 14.8 Å². The number of nitrogens with zero attached hydrogens (tertiary/aromatic N) is 1. The van der Waals surface area contributed by atoms with Crippen LogP contribution in [0.15, 0.2) is 48.2 Å². The number of nitro groups is 1. The fourth-order valence-electron chi connectivity index (χ4n) is 2.48. The van der Waals surface area contributed by atoms with Crippen molar-refractivity contribution in [3.63, 3.8) is 0 Å². The Kier molecular flexibility index (Phi) is 19.6. The fourth-order valence-corrected chi connectivity index (χ4v) is 3.41. The Labute approximate surface area is 180 Å². The van der Waals surface area contributed by atoms with Crippen LogP contribution in [-0.4, -0.2) is 27.5 Å². The second-order valence-corrected chi connectivity index (χ2v) is 8.01. The van der Waals surface area contributed by atoms with Crippen LogP contribution in [-0.2, 0) is 4.79 Å². The summed E-state index contributed by atoms with van der Waals surface area (Å²) in [5.41, 5.74) is 0.243. The van der Waals surface area contributed by atoms with Gasteiger partial charge in [-0.15, -0.1) is 0 Å². The number of rotatable bonds is 19. The highest BCUT2D eigenvalue weighted by molar-refractivity contribution is 7.99. The normalized spacial score (nSPS) is 12.5. The van der Waals surface area contributed by atoms with Crippen LogP contribution in [0.5, 0.6) is 0 Å². The van der Waals surface area contributed by atoms with Crippen molar-refractivity contribution in [1.29, 1.82) is 0 Å². The predicted molar refractivity (Wildman–Crippen MR) is 124 cm³/mol. The first kappa shape index (κ1) is 27.2. The number of aliphatic carboxylic acids is 1. The number of carboxylic acid groups (broad SMARTS) is 1. The molecule has 0 heterocycles. The molecule has 0 aliphatic carbocycles. The van der Waals surface area contributed by atoms with Crippen LogP contribution in [0.4, 0.5) is 0 Å². The molecule has 0 atom stereocenters. The van der Waals surface area contributed by atoms with Crippen LogP contribution >= 0.6 is 11.8 Å². The third kappa shape index (κ3) is 20.7. The van der Waals surface area contributed by atoms with Crippen LogP contribution in [0.3, 0.4) is 0 Å². The van der Waals surface area contributed by atoms with Gasteiger partial charge in [-0.2, -0.15) is 11.8 Å². The molecule has 0 aromatic heterocycles. The van der Waals surface area contributed by atoms with Crippen LogP contribution in [0.2, 0.25) is 0 Å². The topological polar surface area (TPSA) is 80.4 Å². The minimum absolute atomic E-state index is 0.223. The first-order valence-corrected chi connectivity index (χ1v) is 11.8. The average Bonchev–Trinajstić information content (AvgIpc) is 2.68. The monoisotopic (exact) mass is 423 g/mol. The van der Waals surface area contributed by atoms with Crippen molar-refractivity contribution in [1.82, 2.24) is 0 Å². The van der Waals surface area contributed by atoms with E-state index in [9.17, 15) is 14.9 Å². The van der Waals surface area contributed by atoms with Gasteiger partial charge in [-0.05, 0) is 56.8 Å². The molecule has 0 bridgehead atoms. The molecule has 1 N–H and O–H groups in total. The quantitative estimate of drug-likeness (QED) is 0.105. The second-order valence-electron chi connectivity index (χ2n) is 6.79. The van der Waals surface area contributed by atoms with E-state index < -0.39 is 5.97 Å². The average molecular weight is 424 g/mol. The van der Waals surface area contributed by atoms with E-state index in [0.29, 0.717) is 18.6 Å². The van der Waals surface area contributed by atoms with Crippen molar-refractivity contribution in [2.75, 3.05) is 11.5 Å². The van der Waals surface area contributed by atoms with E-state index >= 15 is 0 Å². The molecule has 0 amide bonds. The molecular formula is C23H37NO4S. The van der Waals surface area contributed by atoms with Crippen LogP contribution < -0.4 is 0 Å². The Hall–Kier alpha value is -1.82. The molecule has 5 nitrogen and oxygen atoms in total. The molecule has 0 rings (SSSR count). The molecule has 0 saturated heterocycles. The molecule has 0 fully saturated rings. The van der Waals surface area contributed by atoms with E-state index in [1.54, 1.807) is 17.8 Å². The van der Waals surface area contributed by atoms with E-state index in [4.69, 9.17) is 5.11 Å². The second kappa shape index (κ2) is 20.9. The lowest BCUT2D eigenvalue weighted by atomic mass is 10.2. The summed E-state index contributed by atoms with van der Waals surface area (Å²) in [4.78, 5) is 21.2. The van der Waals surface area contributed by atoms with E-state index in [0.717, 1.165) is 37.9 Å². The SMILES string of the molecule is CCCCC/C=C/C/C=C/C/C(=C/C/C=C/CCCCSCCC(=O)O)[N+](=O)[O-]. The largest absolute Gasteiger partial charge is 0.481 e. The Morgan fingerprint density at radius 3 is 2.24 bits per heavy atom. The van der Waals surface area contributed by atoms with Gasteiger partial charge in [0.25, 0.3) is 0 Å². The highest BCUT2D eigenvalue weighted by Gasteiger charge is 2.06. The number of hydrogen-bond donors (Lipinski definition) is 1. The van der Waals surface area contributed by atoms with Gasteiger partial charge >= 0.3 is 5.97 Å². The van der Waals surface area contributed by atoms with Gasteiger partial charge in [0.2, 0.25) is 5.70 Å². The van der Waals surface area contributed by atoms with Crippen molar-refractivity contribution in [2.24, 2.45) is 0 Å². The summed E-state index contributed by atoms with van der Waals surface area (Å²) >= 11 is 1.67. The summed E-state index contributed by atoms with van der Waals surface area (Å²) in [7, 11) is 0. The van der Waals surface area contributed by atoms with Crippen molar-refractivity contribution in [3.05, 3.63) is 58.3 Å². The van der Waals surface area contributed by atoms with Gasteiger partial charge < -0.3 is 5.11 Å². The van der Waals surface area contributed by atoms with Gasteiger partial charge in [0.1, 0.15) is 0 Å². The molecule has 0 aliphatic heterocycles. The van der Waals surface area contributed by atoms with Gasteiger partial charge in [-0.3, -0.25) is 14.9 Å². The minimum atomic E-state index is -0.743. The highest BCUT2D eigenvalue weighted by Crippen LogP contribution is 2.09. The van der Waals surface area contributed by atoms with Crippen LogP contribution in [0.25, 0.3) is 0 Å². The maximum atomic E-state index is 11.1. The molecule has 0 saturated carbocycles. The standard InChI is InChI=1S/C23H37NO4S/c1-2-3-4-5-6-7-8-11-14-17-22(24(27)28)18-15-12-9-10-13-16-20-29-21-19-23(25)26/h6-7,9,11-12,14,18H,2-5,8,10,13,15-17,19-21H2,1H3,(H,25,26)/b7-6+,12-9+,14-11+,22-18-. The molecule has 0 aliphatic rings. The Morgan fingerprint density at radius 2 is 1.59 bits per heavy atom. The van der Waals surface area contributed by atoms with E-state index in [-0.39, 0.29) is 17.0 Å². The lowest BCUT2D eigenvalue weighted by molar-refractivity contribution is -0.427. The first-order chi connectivity index (χ1) is 14.1. The zero-order chi connectivity index (χ0) is 21.6. The Balaban J connectivity index is 3.89. The zero-order valence-corrected chi connectivity index (χ0v) is 18.6. The first-order valence-electron chi connectivity index (χ1n) is 10.7. The smallest absolute Gasteiger partial charge is 0.304 e. The molecule has 6 heteroatoms. The Morgan fingerprint density at radius 1 is 0.931 bits per heavy atom. The van der Waals surface area contributed by atoms with Gasteiger partial charge in [-0.25, -0.2) is 0 Å². The Bertz CT molecular complexity index is 553. The number of carbonyl (C=O) groups is 1. The minimum Gasteiger partial charge on any atom is -0.481 e. The van der Waals surface area contributed by atoms with E-state index in [2.05, 4.69) is 25.2 Å². The summed E-state index contributed by atoms with van der Waals surface area (Å²) in [6, 6.07) is 0. The lowest BCUT2D eigenvalue weighted by Gasteiger charge is -1.98. The van der Waals surface area contributed by atoms with Crippen LogP contribution in [0, 0.1) is 10.1 Å². The molecule has 0 radical (unpaired) electrons. The summed E-state index contributed by atoms with van der Waals surface area (Å²) in [6.07, 6.45) is 23.8. The van der Waals surface area contributed by atoms with E-state index in [1.165, 1.54) is 19.3 Å². The van der Waals surface area contributed by atoms with Crippen LogP contribution in [0.1, 0.15) is 77.6 Å². The number of thioether (sulfide) groups is 1. The molecule has 0 aromatic carbocycles. The van der Waals surface area contributed by atoms with Crippen molar-refractivity contribution in [3.8, 4) is 0 Å².